The molecule has 1 saturated heterocycles. The Bertz CT molecular complexity index is 879. The number of aliphatic hydroxyl groups is 2. The largest absolute Gasteiger partial charge is 0.392 e. The van der Waals surface area contributed by atoms with E-state index in [1.54, 1.807) is 6.08 Å². The molecule has 2 N–H and O–H groups in total. The number of carbonyl (C=O) groups excluding carboxylic acids is 1. The molecule has 2 saturated carbocycles. The maximum atomic E-state index is 12.6. The smallest absolute Gasteiger partial charge is 0.156 e. The first-order chi connectivity index (χ1) is 13.5. The zero-order valence-electron chi connectivity index (χ0n) is 18.3. The van der Waals surface area contributed by atoms with Gasteiger partial charge in [0.05, 0.1) is 23.9 Å². The SMILES string of the molecule is CC(C)=CC(=O)C[C@H](C)C1=C[C@@H]2O[C@]3(C)C[C@@]4(O)[C@@H]5C(CO)=CC[C@]14[C@@]2(C)C[C@@H]53. The molecule has 1 heterocycles. The van der Waals surface area contributed by atoms with Crippen molar-refractivity contribution in [3.05, 3.63) is 34.9 Å². The number of aliphatic hydroxyl groups excluding tert-OH is 1. The third-order valence-electron chi connectivity index (χ3n) is 9.27. The van der Waals surface area contributed by atoms with Crippen molar-refractivity contribution >= 4 is 5.78 Å². The van der Waals surface area contributed by atoms with Crippen molar-refractivity contribution in [3.8, 4) is 0 Å². The number of ether oxygens (including phenoxy) is 1. The Balaban J connectivity index is 1.65. The summed E-state index contributed by atoms with van der Waals surface area (Å²) in [6.07, 6.45) is 8.98. The van der Waals surface area contributed by atoms with E-state index in [1.807, 2.05) is 13.8 Å². The molecule has 3 fully saturated rings. The summed E-state index contributed by atoms with van der Waals surface area (Å²) in [5.41, 5.74) is 1.36. The van der Waals surface area contributed by atoms with Gasteiger partial charge in [0.2, 0.25) is 0 Å². The van der Waals surface area contributed by atoms with E-state index in [9.17, 15) is 15.0 Å². The average molecular weight is 399 g/mol. The van der Waals surface area contributed by atoms with Gasteiger partial charge in [0, 0.05) is 29.6 Å². The molecule has 5 aliphatic rings. The molecule has 4 aliphatic carbocycles. The summed E-state index contributed by atoms with van der Waals surface area (Å²) in [6, 6.07) is 0. The highest BCUT2D eigenvalue weighted by molar-refractivity contribution is 5.90. The van der Waals surface area contributed by atoms with Crippen molar-refractivity contribution in [2.24, 2.45) is 28.6 Å². The second-order valence-electron chi connectivity index (χ2n) is 11.1. The van der Waals surface area contributed by atoms with E-state index < -0.39 is 11.0 Å². The summed E-state index contributed by atoms with van der Waals surface area (Å²) in [5.74, 6) is 0.383. The zero-order valence-corrected chi connectivity index (χ0v) is 18.3. The average Bonchev–Trinajstić information content (AvgIpc) is 2.93. The third kappa shape index (κ3) is 2.08. The van der Waals surface area contributed by atoms with Crippen molar-refractivity contribution in [3.63, 3.8) is 0 Å². The number of hydrogen-bond acceptors (Lipinski definition) is 4. The molecule has 0 aromatic rings. The van der Waals surface area contributed by atoms with E-state index >= 15 is 0 Å². The van der Waals surface area contributed by atoms with Gasteiger partial charge in [-0.25, -0.2) is 0 Å². The first-order valence-corrected chi connectivity index (χ1v) is 11.1. The molecule has 29 heavy (non-hydrogen) atoms. The molecular formula is C25H34O4. The summed E-state index contributed by atoms with van der Waals surface area (Å²) in [6.45, 7) is 10.5. The van der Waals surface area contributed by atoms with Crippen LogP contribution >= 0.6 is 0 Å². The molecule has 8 atom stereocenters. The summed E-state index contributed by atoms with van der Waals surface area (Å²) in [4.78, 5) is 12.6. The fourth-order valence-corrected chi connectivity index (χ4v) is 8.39. The minimum atomic E-state index is -0.920. The van der Waals surface area contributed by atoms with Crippen molar-refractivity contribution in [2.45, 2.75) is 77.6 Å². The monoisotopic (exact) mass is 398 g/mol. The lowest BCUT2D eigenvalue weighted by Crippen LogP contribution is -2.67. The van der Waals surface area contributed by atoms with Crippen LogP contribution in [0.25, 0.3) is 0 Å². The van der Waals surface area contributed by atoms with Gasteiger partial charge in [-0.15, -0.1) is 0 Å². The van der Waals surface area contributed by atoms with E-state index in [0.29, 0.717) is 12.8 Å². The molecule has 0 aromatic carbocycles. The fraction of sp³-hybridized carbons (Fsp3) is 0.720. The molecule has 0 radical (unpaired) electrons. The van der Waals surface area contributed by atoms with E-state index in [-0.39, 0.29) is 47.3 Å². The van der Waals surface area contributed by atoms with E-state index in [0.717, 1.165) is 24.0 Å². The molecule has 5 rings (SSSR count). The molecule has 4 nitrogen and oxygen atoms in total. The van der Waals surface area contributed by atoms with Crippen LogP contribution < -0.4 is 0 Å². The van der Waals surface area contributed by atoms with Crippen LogP contribution in [-0.2, 0) is 9.53 Å². The molecule has 0 unspecified atom stereocenters. The Kier molecular flexibility index (Phi) is 3.89. The minimum absolute atomic E-state index is 0.00341. The third-order valence-corrected chi connectivity index (χ3v) is 9.27. The van der Waals surface area contributed by atoms with Crippen LogP contribution in [0.2, 0.25) is 0 Å². The van der Waals surface area contributed by atoms with Crippen molar-refractivity contribution in [1.82, 2.24) is 0 Å². The van der Waals surface area contributed by atoms with Gasteiger partial charge in [-0.2, -0.15) is 0 Å². The molecule has 5 bridgehead atoms. The first kappa shape index (κ1) is 19.7. The predicted octanol–water partition coefficient (Wildman–Crippen LogP) is 3.73. The lowest BCUT2D eigenvalue weighted by molar-refractivity contribution is -0.237. The molecule has 0 amide bonds. The maximum Gasteiger partial charge on any atom is 0.156 e. The number of hydrogen-bond donors (Lipinski definition) is 2. The standard InChI is InChI=1S/C25H34O4/c1-14(2)8-17(27)9-15(3)18-10-20-22(4)11-19-21-16(12-26)6-7-24(18,22)25(21,28)13-23(19,5)29-20/h6,8,10,15,19-21,26,28H,7,9,11-13H2,1-5H3/t15-,19-,20-,21+,22-,23+,24+,25+/m0/s1. The van der Waals surface area contributed by atoms with Crippen LogP contribution in [0.5, 0.6) is 0 Å². The van der Waals surface area contributed by atoms with E-state index in [4.69, 9.17) is 4.74 Å². The zero-order chi connectivity index (χ0) is 21.0. The molecule has 4 heteroatoms. The number of ketones is 1. The molecular weight excluding hydrogens is 364 g/mol. The fourth-order valence-electron chi connectivity index (χ4n) is 8.39. The van der Waals surface area contributed by atoms with Gasteiger partial charge < -0.3 is 14.9 Å². The predicted molar refractivity (Wildman–Crippen MR) is 111 cm³/mol. The molecule has 158 valence electrons. The highest BCUT2D eigenvalue weighted by Crippen LogP contribution is 2.81. The highest BCUT2D eigenvalue weighted by Gasteiger charge is 2.83. The van der Waals surface area contributed by atoms with Gasteiger partial charge >= 0.3 is 0 Å². The number of carbonyl (C=O) groups is 1. The topological polar surface area (TPSA) is 66.8 Å². The summed E-state index contributed by atoms with van der Waals surface area (Å²) >= 11 is 0. The first-order valence-electron chi connectivity index (χ1n) is 11.1. The highest BCUT2D eigenvalue weighted by atomic mass is 16.5. The second-order valence-corrected chi connectivity index (χ2v) is 11.1. The van der Waals surface area contributed by atoms with Gasteiger partial charge in [0.25, 0.3) is 0 Å². The van der Waals surface area contributed by atoms with Crippen LogP contribution in [0, 0.1) is 28.6 Å². The van der Waals surface area contributed by atoms with Crippen molar-refractivity contribution in [2.75, 3.05) is 6.61 Å². The summed E-state index contributed by atoms with van der Waals surface area (Å²) < 4.78 is 6.74. The Hall–Kier alpha value is -1.23. The van der Waals surface area contributed by atoms with Crippen molar-refractivity contribution < 1.29 is 19.7 Å². The Morgan fingerprint density at radius 1 is 1.38 bits per heavy atom. The normalized spacial score (nSPS) is 49.6. The molecule has 0 aromatic heterocycles. The Morgan fingerprint density at radius 3 is 2.76 bits per heavy atom. The van der Waals surface area contributed by atoms with Crippen LogP contribution in [0.3, 0.4) is 0 Å². The quantitative estimate of drug-likeness (QED) is 0.547. The minimum Gasteiger partial charge on any atom is -0.392 e. The number of rotatable bonds is 5. The second kappa shape index (κ2) is 5.72. The van der Waals surface area contributed by atoms with E-state index in [1.165, 1.54) is 5.57 Å². The number of allylic oxidation sites excluding steroid dienone is 3. The summed E-state index contributed by atoms with van der Waals surface area (Å²) in [5, 5.41) is 22.5. The van der Waals surface area contributed by atoms with Gasteiger partial charge in [-0.05, 0) is 57.1 Å². The Labute approximate surface area is 173 Å². The van der Waals surface area contributed by atoms with Gasteiger partial charge in [-0.1, -0.05) is 37.1 Å². The lowest BCUT2D eigenvalue weighted by Gasteiger charge is -2.65. The van der Waals surface area contributed by atoms with Gasteiger partial charge in [0.1, 0.15) is 0 Å². The molecule has 1 aliphatic heterocycles. The lowest BCUT2D eigenvalue weighted by atomic mass is 9.41. The maximum absolute atomic E-state index is 12.6. The molecule has 1 spiro atoms. The van der Waals surface area contributed by atoms with Crippen molar-refractivity contribution in [1.29, 1.82) is 0 Å². The Morgan fingerprint density at radius 2 is 2.10 bits per heavy atom. The van der Waals surface area contributed by atoms with Crippen LogP contribution in [0.4, 0.5) is 0 Å². The van der Waals surface area contributed by atoms with Gasteiger partial charge in [0.15, 0.2) is 5.78 Å². The summed E-state index contributed by atoms with van der Waals surface area (Å²) in [7, 11) is 0. The van der Waals surface area contributed by atoms with E-state index in [2.05, 4.69) is 32.9 Å². The van der Waals surface area contributed by atoms with Gasteiger partial charge in [-0.3, -0.25) is 4.79 Å². The van der Waals surface area contributed by atoms with Crippen LogP contribution in [0.15, 0.2) is 34.9 Å². The van der Waals surface area contributed by atoms with Crippen LogP contribution in [0.1, 0.15) is 60.3 Å². The van der Waals surface area contributed by atoms with Crippen LogP contribution in [-0.4, -0.2) is 39.9 Å².